The van der Waals surface area contributed by atoms with E-state index < -0.39 is 6.10 Å². The molecule has 1 aliphatic rings. The molecular weight excluding hydrogens is 348 g/mol. The van der Waals surface area contributed by atoms with Crippen molar-refractivity contribution in [3.63, 3.8) is 0 Å². The van der Waals surface area contributed by atoms with Gasteiger partial charge < -0.3 is 24.8 Å². The van der Waals surface area contributed by atoms with Crippen molar-refractivity contribution in [1.29, 1.82) is 0 Å². The van der Waals surface area contributed by atoms with Gasteiger partial charge in [-0.05, 0) is 30.7 Å². The van der Waals surface area contributed by atoms with Gasteiger partial charge in [-0.2, -0.15) is 0 Å². The molecule has 0 aliphatic carbocycles. The second-order valence-electron chi connectivity index (χ2n) is 6.00. The summed E-state index contributed by atoms with van der Waals surface area (Å²) >= 11 is 0. The zero-order chi connectivity index (χ0) is 19.1. The molecule has 1 atom stereocenters. The van der Waals surface area contributed by atoms with Crippen molar-refractivity contribution in [2.45, 2.75) is 12.5 Å². The lowest BCUT2D eigenvalue weighted by Crippen LogP contribution is -2.40. The molecule has 1 unspecified atom stereocenters. The fraction of sp³-hybridized carbons (Fsp3) is 0.300. The van der Waals surface area contributed by atoms with Gasteiger partial charge in [0, 0.05) is 20.3 Å². The molecule has 7 nitrogen and oxygen atoms in total. The quantitative estimate of drug-likeness (QED) is 0.730. The molecule has 2 aromatic carbocycles. The minimum absolute atomic E-state index is 0.105. The Labute approximate surface area is 157 Å². The lowest BCUT2D eigenvalue weighted by Gasteiger charge is -2.25. The van der Waals surface area contributed by atoms with E-state index in [-0.39, 0.29) is 18.4 Å². The molecule has 1 heterocycles. The summed E-state index contributed by atoms with van der Waals surface area (Å²) in [6, 6.07) is 14.0. The highest BCUT2D eigenvalue weighted by molar-refractivity contribution is 6.04. The van der Waals surface area contributed by atoms with Crippen LogP contribution in [-0.4, -0.2) is 44.8 Å². The molecular formula is C20H22N2O5. The van der Waals surface area contributed by atoms with Crippen LogP contribution in [0.2, 0.25) is 0 Å². The lowest BCUT2D eigenvalue weighted by atomic mass is 10.1. The standard InChI is InChI=1S/C20H22N2O5/c1-25-12-6-11-21-19(23)14-7-2-3-8-15(14)22-20(24)18-13-26-16-9-4-5-10-17(16)27-18/h2-5,7-10,18H,6,11-13H2,1H3,(H,21,23)(H,22,24). The summed E-state index contributed by atoms with van der Waals surface area (Å²) in [5.74, 6) is 0.503. The first-order chi connectivity index (χ1) is 13.2. The average Bonchev–Trinajstić information content (AvgIpc) is 2.71. The van der Waals surface area contributed by atoms with Crippen LogP contribution < -0.4 is 20.1 Å². The first-order valence-electron chi connectivity index (χ1n) is 8.74. The average molecular weight is 370 g/mol. The first-order valence-corrected chi connectivity index (χ1v) is 8.74. The van der Waals surface area contributed by atoms with E-state index in [1.54, 1.807) is 43.5 Å². The predicted octanol–water partition coefficient (Wildman–Crippen LogP) is 2.23. The van der Waals surface area contributed by atoms with E-state index in [0.29, 0.717) is 42.3 Å². The van der Waals surface area contributed by atoms with Crippen LogP contribution in [0.1, 0.15) is 16.8 Å². The monoisotopic (exact) mass is 370 g/mol. The molecule has 142 valence electrons. The molecule has 3 rings (SSSR count). The van der Waals surface area contributed by atoms with Gasteiger partial charge in [-0.25, -0.2) is 0 Å². The molecule has 0 bridgehead atoms. The fourth-order valence-electron chi connectivity index (χ4n) is 2.67. The highest BCUT2D eigenvalue weighted by atomic mass is 16.6. The number of benzene rings is 2. The number of nitrogens with one attached hydrogen (secondary N) is 2. The number of methoxy groups -OCH3 is 1. The Morgan fingerprint density at radius 2 is 1.85 bits per heavy atom. The Balaban J connectivity index is 1.64. The third kappa shape index (κ3) is 4.77. The van der Waals surface area contributed by atoms with E-state index in [2.05, 4.69) is 10.6 Å². The second kappa shape index (κ2) is 9.05. The molecule has 0 fully saturated rings. The van der Waals surface area contributed by atoms with Gasteiger partial charge in [0.25, 0.3) is 11.8 Å². The zero-order valence-corrected chi connectivity index (χ0v) is 15.1. The van der Waals surface area contributed by atoms with Crippen LogP contribution >= 0.6 is 0 Å². The number of hydrogen-bond donors (Lipinski definition) is 2. The normalized spacial score (nSPS) is 15.1. The Morgan fingerprint density at radius 1 is 1.11 bits per heavy atom. The predicted molar refractivity (Wildman–Crippen MR) is 100 cm³/mol. The van der Waals surface area contributed by atoms with Crippen LogP contribution in [0, 0.1) is 0 Å². The second-order valence-corrected chi connectivity index (χ2v) is 6.00. The van der Waals surface area contributed by atoms with Crippen molar-refractivity contribution in [2.75, 3.05) is 32.2 Å². The number of ether oxygens (including phenoxy) is 3. The fourth-order valence-corrected chi connectivity index (χ4v) is 2.67. The minimum atomic E-state index is -0.794. The summed E-state index contributed by atoms with van der Waals surface area (Å²) in [5, 5.41) is 5.58. The van der Waals surface area contributed by atoms with Crippen LogP contribution in [0.15, 0.2) is 48.5 Å². The Bertz CT molecular complexity index is 808. The minimum Gasteiger partial charge on any atom is -0.485 e. The number of hydrogen-bond acceptors (Lipinski definition) is 5. The van der Waals surface area contributed by atoms with Crippen LogP contribution in [-0.2, 0) is 9.53 Å². The van der Waals surface area contributed by atoms with Gasteiger partial charge in [-0.1, -0.05) is 24.3 Å². The maximum Gasteiger partial charge on any atom is 0.269 e. The van der Waals surface area contributed by atoms with E-state index >= 15 is 0 Å². The van der Waals surface area contributed by atoms with Gasteiger partial charge in [-0.15, -0.1) is 0 Å². The molecule has 0 saturated carbocycles. The largest absolute Gasteiger partial charge is 0.485 e. The number of amides is 2. The third-order valence-electron chi connectivity index (χ3n) is 4.04. The molecule has 2 aromatic rings. The van der Waals surface area contributed by atoms with Crippen LogP contribution in [0.5, 0.6) is 11.5 Å². The summed E-state index contributed by atoms with van der Waals surface area (Å²) in [4.78, 5) is 25.0. The molecule has 2 N–H and O–H groups in total. The van der Waals surface area contributed by atoms with Gasteiger partial charge in [0.2, 0.25) is 6.10 Å². The summed E-state index contributed by atoms with van der Waals surface area (Å²) in [6.45, 7) is 1.17. The molecule has 7 heteroatoms. The number of rotatable bonds is 7. The topological polar surface area (TPSA) is 85.9 Å². The van der Waals surface area contributed by atoms with E-state index in [0.717, 1.165) is 0 Å². The van der Waals surface area contributed by atoms with Gasteiger partial charge in [-0.3, -0.25) is 9.59 Å². The molecule has 2 amide bonds. The van der Waals surface area contributed by atoms with Gasteiger partial charge in [0.05, 0.1) is 11.3 Å². The van der Waals surface area contributed by atoms with Crippen LogP contribution in [0.3, 0.4) is 0 Å². The number of fused-ring (bicyclic) bond motifs is 1. The van der Waals surface area contributed by atoms with E-state index in [1.165, 1.54) is 0 Å². The molecule has 0 aromatic heterocycles. The summed E-state index contributed by atoms with van der Waals surface area (Å²) in [7, 11) is 1.61. The molecule has 0 radical (unpaired) electrons. The van der Waals surface area contributed by atoms with Gasteiger partial charge in [0.1, 0.15) is 6.61 Å². The Morgan fingerprint density at radius 3 is 2.67 bits per heavy atom. The first kappa shape index (κ1) is 18.7. The van der Waals surface area contributed by atoms with Crippen molar-refractivity contribution >= 4 is 17.5 Å². The maximum absolute atomic E-state index is 12.6. The highest BCUT2D eigenvalue weighted by Gasteiger charge is 2.28. The zero-order valence-electron chi connectivity index (χ0n) is 15.1. The third-order valence-corrected chi connectivity index (χ3v) is 4.04. The van der Waals surface area contributed by atoms with Crippen molar-refractivity contribution in [2.24, 2.45) is 0 Å². The number of carbonyl (C=O) groups excluding carboxylic acids is 2. The number of para-hydroxylation sites is 3. The Hall–Kier alpha value is -3.06. The van der Waals surface area contributed by atoms with Crippen LogP contribution in [0.25, 0.3) is 0 Å². The van der Waals surface area contributed by atoms with E-state index in [1.807, 2.05) is 12.1 Å². The number of carbonyl (C=O) groups is 2. The Kier molecular flexibility index (Phi) is 6.27. The highest BCUT2D eigenvalue weighted by Crippen LogP contribution is 2.31. The molecule has 1 aliphatic heterocycles. The number of anilines is 1. The van der Waals surface area contributed by atoms with E-state index in [4.69, 9.17) is 14.2 Å². The van der Waals surface area contributed by atoms with Gasteiger partial charge >= 0.3 is 0 Å². The van der Waals surface area contributed by atoms with Crippen LogP contribution in [0.4, 0.5) is 5.69 Å². The SMILES string of the molecule is COCCCNC(=O)c1ccccc1NC(=O)C1COc2ccccc2O1. The van der Waals surface area contributed by atoms with Crippen molar-refractivity contribution in [1.82, 2.24) is 5.32 Å². The molecule has 0 saturated heterocycles. The lowest BCUT2D eigenvalue weighted by molar-refractivity contribution is -0.125. The molecule has 27 heavy (non-hydrogen) atoms. The van der Waals surface area contributed by atoms with Gasteiger partial charge in [0.15, 0.2) is 11.5 Å². The summed E-state index contributed by atoms with van der Waals surface area (Å²) < 4.78 is 16.2. The van der Waals surface area contributed by atoms with Crippen molar-refractivity contribution in [3.05, 3.63) is 54.1 Å². The smallest absolute Gasteiger partial charge is 0.269 e. The van der Waals surface area contributed by atoms with Crippen molar-refractivity contribution < 1.29 is 23.8 Å². The summed E-state index contributed by atoms with van der Waals surface area (Å²) in [5.41, 5.74) is 0.814. The van der Waals surface area contributed by atoms with Crippen molar-refractivity contribution in [3.8, 4) is 11.5 Å². The molecule has 0 spiro atoms. The summed E-state index contributed by atoms with van der Waals surface area (Å²) in [6.07, 6.45) is -0.0820. The maximum atomic E-state index is 12.6. The van der Waals surface area contributed by atoms with E-state index in [9.17, 15) is 9.59 Å².